The Bertz CT molecular complexity index is 1090. The molecule has 0 atom stereocenters. The Morgan fingerprint density at radius 1 is 0.935 bits per heavy atom. The van der Waals surface area contributed by atoms with Gasteiger partial charge in [0.05, 0.1) is 12.3 Å². The van der Waals surface area contributed by atoms with Crippen LogP contribution in [0.2, 0.25) is 5.02 Å². The van der Waals surface area contributed by atoms with E-state index in [1.165, 1.54) is 27.6 Å². The number of hydrogen-bond donors (Lipinski definition) is 1. The number of benzene rings is 3. The Labute approximate surface area is 189 Å². The molecule has 2 aliphatic rings. The highest BCUT2D eigenvalue weighted by atomic mass is 35.5. The summed E-state index contributed by atoms with van der Waals surface area (Å²) in [6.07, 6.45) is 4.20. The summed E-state index contributed by atoms with van der Waals surface area (Å²) >= 11 is 6.13. The van der Waals surface area contributed by atoms with Gasteiger partial charge in [-0.2, -0.15) is 0 Å². The standard InChI is InChI=1S/C26H28ClN3O/c27-21-6-3-7-22(19-21)30-16-14-29(15-17-30)13-4-18-31-28-26-12-11-24-23-8-2-1-5-20(23)9-10-25(24)26/h1-3,5-10,12,19,28H,4,11,13-18H2. The Kier molecular flexibility index (Phi) is 6.12. The van der Waals surface area contributed by atoms with Gasteiger partial charge in [0.2, 0.25) is 0 Å². The molecule has 1 aliphatic heterocycles. The lowest BCUT2D eigenvalue weighted by atomic mass is 10.00. The van der Waals surface area contributed by atoms with Crippen molar-refractivity contribution in [2.24, 2.45) is 0 Å². The van der Waals surface area contributed by atoms with Gasteiger partial charge in [-0.3, -0.25) is 15.2 Å². The molecule has 0 aromatic heterocycles. The first-order chi connectivity index (χ1) is 15.3. The van der Waals surface area contributed by atoms with Gasteiger partial charge in [0.25, 0.3) is 0 Å². The maximum Gasteiger partial charge on any atom is 0.0758 e. The Morgan fingerprint density at radius 3 is 2.68 bits per heavy atom. The maximum absolute atomic E-state index is 6.13. The van der Waals surface area contributed by atoms with Crippen molar-refractivity contribution in [2.45, 2.75) is 12.8 Å². The second-order valence-electron chi connectivity index (χ2n) is 8.25. The van der Waals surface area contributed by atoms with E-state index >= 15 is 0 Å². The Morgan fingerprint density at radius 2 is 1.81 bits per heavy atom. The summed E-state index contributed by atoms with van der Waals surface area (Å²) in [5, 5.41) is 3.44. The van der Waals surface area contributed by atoms with Gasteiger partial charge < -0.3 is 4.90 Å². The van der Waals surface area contributed by atoms with Crippen molar-refractivity contribution in [3.8, 4) is 0 Å². The summed E-state index contributed by atoms with van der Waals surface area (Å²) in [5.74, 6) is 0. The summed E-state index contributed by atoms with van der Waals surface area (Å²) in [6, 6.07) is 21.1. The van der Waals surface area contributed by atoms with Crippen LogP contribution in [0.4, 0.5) is 5.69 Å². The van der Waals surface area contributed by atoms with Crippen LogP contribution in [0, 0.1) is 0 Å². The largest absolute Gasteiger partial charge is 0.369 e. The fraction of sp³-hybridized carbons (Fsp3) is 0.308. The zero-order valence-corrected chi connectivity index (χ0v) is 18.4. The third kappa shape index (κ3) is 4.57. The zero-order chi connectivity index (χ0) is 21.0. The molecule has 0 unspecified atom stereocenters. The first kappa shape index (κ1) is 20.4. The summed E-state index contributed by atoms with van der Waals surface area (Å²) in [7, 11) is 0. The average Bonchev–Trinajstić information content (AvgIpc) is 3.23. The van der Waals surface area contributed by atoms with E-state index in [-0.39, 0.29) is 0 Å². The SMILES string of the molecule is Clc1cccc(N2CCN(CCCONC3=CCc4c3ccc3ccccc43)CC2)c1. The number of halogens is 1. The van der Waals surface area contributed by atoms with Crippen LogP contribution in [-0.4, -0.2) is 44.2 Å². The van der Waals surface area contributed by atoms with Gasteiger partial charge in [-0.25, -0.2) is 0 Å². The number of hydroxylamine groups is 1. The van der Waals surface area contributed by atoms with Crippen LogP contribution >= 0.6 is 11.6 Å². The summed E-state index contributed by atoms with van der Waals surface area (Å²) in [6.45, 7) is 5.99. The van der Waals surface area contributed by atoms with E-state index < -0.39 is 0 Å². The molecule has 5 heteroatoms. The predicted octanol–water partition coefficient (Wildman–Crippen LogP) is 5.12. The topological polar surface area (TPSA) is 27.7 Å². The van der Waals surface area contributed by atoms with Gasteiger partial charge in [0.15, 0.2) is 0 Å². The second-order valence-corrected chi connectivity index (χ2v) is 8.68. The molecule has 1 saturated heterocycles. The molecule has 31 heavy (non-hydrogen) atoms. The van der Waals surface area contributed by atoms with Crippen molar-refractivity contribution in [3.05, 3.63) is 82.9 Å². The molecule has 0 saturated carbocycles. The lowest BCUT2D eigenvalue weighted by molar-refractivity contribution is 0.0693. The molecule has 3 aromatic carbocycles. The molecule has 4 nitrogen and oxygen atoms in total. The summed E-state index contributed by atoms with van der Waals surface area (Å²) < 4.78 is 0. The fourth-order valence-corrected chi connectivity index (χ4v) is 4.80. The highest BCUT2D eigenvalue weighted by Crippen LogP contribution is 2.32. The van der Waals surface area contributed by atoms with Crippen LogP contribution in [0.3, 0.4) is 0 Å². The van der Waals surface area contributed by atoms with E-state index in [4.69, 9.17) is 16.4 Å². The minimum absolute atomic E-state index is 0.703. The van der Waals surface area contributed by atoms with E-state index in [0.717, 1.165) is 56.3 Å². The number of allylic oxidation sites excluding steroid dienone is 1. The molecule has 0 bridgehead atoms. The summed E-state index contributed by atoms with van der Waals surface area (Å²) in [5.41, 5.74) is 8.16. The molecule has 1 N–H and O–H groups in total. The van der Waals surface area contributed by atoms with Crippen LogP contribution in [0.1, 0.15) is 17.5 Å². The van der Waals surface area contributed by atoms with E-state index in [9.17, 15) is 0 Å². The minimum atomic E-state index is 0.703. The first-order valence-electron chi connectivity index (χ1n) is 11.1. The average molecular weight is 434 g/mol. The number of hydrogen-bond acceptors (Lipinski definition) is 4. The van der Waals surface area contributed by atoms with Gasteiger partial charge in [-0.15, -0.1) is 0 Å². The van der Waals surface area contributed by atoms with Gasteiger partial charge in [-0.1, -0.05) is 60.1 Å². The van der Waals surface area contributed by atoms with Crippen molar-refractivity contribution in [1.29, 1.82) is 0 Å². The fourth-order valence-electron chi connectivity index (χ4n) is 4.61. The molecule has 0 radical (unpaired) electrons. The third-order valence-corrected chi connectivity index (χ3v) is 6.52. The Balaban J connectivity index is 1.04. The second kappa shape index (κ2) is 9.31. The number of piperazine rings is 1. The molecular weight excluding hydrogens is 406 g/mol. The van der Waals surface area contributed by atoms with E-state index in [0.29, 0.717) is 6.61 Å². The molecule has 5 rings (SSSR count). The molecule has 160 valence electrons. The van der Waals surface area contributed by atoms with E-state index in [1.54, 1.807) is 0 Å². The van der Waals surface area contributed by atoms with Crippen LogP contribution < -0.4 is 10.4 Å². The van der Waals surface area contributed by atoms with Crippen LogP contribution in [0.15, 0.2) is 66.7 Å². The molecule has 1 aliphatic carbocycles. The predicted molar refractivity (Wildman–Crippen MR) is 129 cm³/mol. The van der Waals surface area contributed by atoms with Crippen molar-refractivity contribution in [1.82, 2.24) is 10.4 Å². The molecule has 1 heterocycles. The van der Waals surface area contributed by atoms with Crippen molar-refractivity contribution in [3.63, 3.8) is 0 Å². The lowest BCUT2D eigenvalue weighted by Crippen LogP contribution is -2.46. The lowest BCUT2D eigenvalue weighted by Gasteiger charge is -2.36. The van der Waals surface area contributed by atoms with Gasteiger partial charge in [-0.05, 0) is 47.4 Å². The van der Waals surface area contributed by atoms with Crippen molar-refractivity contribution >= 4 is 33.8 Å². The highest BCUT2D eigenvalue weighted by molar-refractivity contribution is 6.30. The van der Waals surface area contributed by atoms with Gasteiger partial charge in [0.1, 0.15) is 0 Å². The van der Waals surface area contributed by atoms with Crippen LogP contribution in [0.5, 0.6) is 0 Å². The smallest absolute Gasteiger partial charge is 0.0758 e. The van der Waals surface area contributed by atoms with Crippen molar-refractivity contribution in [2.75, 3.05) is 44.2 Å². The molecule has 0 spiro atoms. The minimum Gasteiger partial charge on any atom is -0.369 e. The summed E-state index contributed by atoms with van der Waals surface area (Å²) in [4.78, 5) is 10.7. The van der Waals surface area contributed by atoms with Crippen molar-refractivity contribution < 1.29 is 4.84 Å². The number of nitrogens with one attached hydrogen (secondary N) is 1. The molecule has 0 amide bonds. The number of nitrogens with zero attached hydrogens (tertiary/aromatic N) is 2. The first-order valence-corrected chi connectivity index (χ1v) is 11.5. The quantitative estimate of drug-likeness (QED) is 0.413. The number of rotatable bonds is 7. The number of fused-ring (bicyclic) bond motifs is 3. The van der Waals surface area contributed by atoms with Crippen LogP contribution in [-0.2, 0) is 11.3 Å². The number of anilines is 1. The monoisotopic (exact) mass is 433 g/mol. The van der Waals surface area contributed by atoms with E-state index in [2.05, 4.69) is 69.9 Å². The molecule has 1 fully saturated rings. The zero-order valence-electron chi connectivity index (χ0n) is 17.7. The molecular formula is C26H28ClN3O. The van der Waals surface area contributed by atoms with Crippen LogP contribution in [0.25, 0.3) is 16.5 Å². The normalized spacial score (nSPS) is 16.4. The highest BCUT2D eigenvalue weighted by Gasteiger charge is 2.18. The van der Waals surface area contributed by atoms with E-state index in [1.807, 2.05) is 12.1 Å². The molecule has 3 aromatic rings. The maximum atomic E-state index is 6.13. The van der Waals surface area contributed by atoms with Gasteiger partial charge >= 0.3 is 0 Å². The van der Waals surface area contributed by atoms with Gasteiger partial charge in [0, 0.05) is 49.0 Å². The Hall–Kier alpha value is -2.53. The third-order valence-electron chi connectivity index (χ3n) is 6.29.